The van der Waals surface area contributed by atoms with Crippen LogP contribution in [0.2, 0.25) is 5.02 Å². The van der Waals surface area contributed by atoms with Gasteiger partial charge in [-0.25, -0.2) is 0 Å². The fourth-order valence-corrected chi connectivity index (χ4v) is 2.81. The number of nitrogens with one attached hydrogen (secondary N) is 1. The van der Waals surface area contributed by atoms with Gasteiger partial charge in [-0.2, -0.15) is 0 Å². The van der Waals surface area contributed by atoms with Gasteiger partial charge in [0, 0.05) is 6.54 Å². The number of carbonyl (C=O) groups is 1. The van der Waals surface area contributed by atoms with Crippen LogP contribution in [0.3, 0.4) is 0 Å². The number of halogens is 1. The van der Waals surface area contributed by atoms with E-state index in [0.717, 1.165) is 38.5 Å². The number of rotatable bonds is 3. The van der Waals surface area contributed by atoms with Gasteiger partial charge in [-0.3, -0.25) is 4.79 Å². The summed E-state index contributed by atoms with van der Waals surface area (Å²) in [6, 6.07) is 4.97. The number of para-hydroxylation sites is 1. The van der Waals surface area contributed by atoms with Crippen LogP contribution in [-0.4, -0.2) is 23.2 Å². The average molecular weight is 297 g/mol. The van der Waals surface area contributed by atoms with E-state index in [1.807, 2.05) is 0 Å². The van der Waals surface area contributed by atoms with Crippen molar-refractivity contribution < 1.29 is 9.90 Å². The standard InChI is InChI=1S/C15H21ClN2O2/c16-12-7-5-6-11(13(12)17)14(19)18-10-15(20)8-3-1-2-4-9-15/h5-7,20H,1-4,8-10,17H2,(H,18,19). The summed E-state index contributed by atoms with van der Waals surface area (Å²) in [6.45, 7) is 0.262. The molecule has 4 nitrogen and oxygen atoms in total. The van der Waals surface area contributed by atoms with E-state index in [2.05, 4.69) is 5.32 Å². The predicted octanol–water partition coefficient (Wildman–Crippen LogP) is 2.74. The van der Waals surface area contributed by atoms with Crippen LogP contribution in [0.25, 0.3) is 0 Å². The van der Waals surface area contributed by atoms with E-state index in [-0.39, 0.29) is 18.1 Å². The van der Waals surface area contributed by atoms with Crippen molar-refractivity contribution in [3.05, 3.63) is 28.8 Å². The summed E-state index contributed by atoms with van der Waals surface area (Å²) >= 11 is 5.90. The molecule has 0 aromatic heterocycles. The number of carbonyl (C=O) groups excluding carboxylic acids is 1. The largest absolute Gasteiger partial charge is 0.397 e. The van der Waals surface area contributed by atoms with Gasteiger partial charge < -0.3 is 16.2 Å². The molecule has 1 aliphatic carbocycles. The van der Waals surface area contributed by atoms with Crippen molar-refractivity contribution in [3.8, 4) is 0 Å². The van der Waals surface area contributed by atoms with Crippen LogP contribution in [0.15, 0.2) is 18.2 Å². The molecule has 4 N–H and O–H groups in total. The molecule has 0 bridgehead atoms. The third-order valence-corrected chi connectivity index (χ3v) is 4.24. The Morgan fingerprint density at radius 3 is 2.60 bits per heavy atom. The molecule has 0 aliphatic heterocycles. The van der Waals surface area contributed by atoms with Gasteiger partial charge in [0.15, 0.2) is 0 Å². The normalized spacial score (nSPS) is 18.3. The highest BCUT2D eigenvalue weighted by Gasteiger charge is 2.28. The molecule has 2 rings (SSSR count). The van der Waals surface area contributed by atoms with Gasteiger partial charge in [-0.05, 0) is 25.0 Å². The maximum atomic E-state index is 12.1. The second-order valence-electron chi connectivity index (χ2n) is 5.52. The van der Waals surface area contributed by atoms with Crippen molar-refractivity contribution in [2.24, 2.45) is 0 Å². The van der Waals surface area contributed by atoms with Crippen molar-refractivity contribution in [2.45, 2.75) is 44.1 Å². The molecular formula is C15H21ClN2O2. The van der Waals surface area contributed by atoms with Crippen LogP contribution < -0.4 is 11.1 Å². The molecule has 0 unspecified atom stereocenters. The molecule has 5 heteroatoms. The molecule has 1 aromatic rings. The Balaban J connectivity index is 1.99. The first-order chi connectivity index (χ1) is 9.52. The van der Waals surface area contributed by atoms with Crippen molar-refractivity contribution in [2.75, 3.05) is 12.3 Å². The molecule has 1 fully saturated rings. The third kappa shape index (κ3) is 3.64. The lowest BCUT2D eigenvalue weighted by Gasteiger charge is -2.26. The number of hydrogen-bond donors (Lipinski definition) is 3. The Bertz CT molecular complexity index is 483. The molecule has 1 saturated carbocycles. The van der Waals surface area contributed by atoms with Gasteiger partial charge in [-0.15, -0.1) is 0 Å². The van der Waals surface area contributed by atoms with E-state index in [1.54, 1.807) is 18.2 Å². The summed E-state index contributed by atoms with van der Waals surface area (Å²) in [7, 11) is 0. The second-order valence-corrected chi connectivity index (χ2v) is 5.93. The maximum absolute atomic E-state index is 12.1. The van der Waals surface area contributed by atoms with Gasteiger partial charge in [0.05, 0.1) is 21.9 Å². The Morgan fingerprint density at radius 1 is 1.30 bits per heavy atom. The molecule has 0 heterocycles. The Kier molecular flexibility index (Phi) is 4.89. The summed E-state index contributed by atoms with van der Waals surface area (Å²) in [5, 5.41) is 13.6. The predicted molar refractivity (Wildman–Crippen MR) is 80.8 cm³/mol. The maximum Gasteiger partial charge on any atom is 0.253 e. The lowest BCUT2D eigenvalue weighted by atomic mass is 9.94. The van der Waals surface area contributed by atoms with E-state index in [4.69, 9.17) is 17.3 Å². The zero-order chi connectivity index (χ0) is 14.6. The summed E-state index contributed by atoms with van der Waals surface area (Å²) < 4.78 is 0. The Labute approximate surface area is 124 Å². The van der Waals surface area contributed by atoms with E-state index in [9.17, 15) is 9.90 Å². The highest BCUT2D eigenvalue weighted by molar-refractivity contribution is 6.33. The van der Waals surface area contributed by atoms with Gasteiger partial charge in [0.2, 0.25) is 0 Å². The zero-order valence-corrected chi connectivity index (χ0v) is 12.2. The number of nitrogens with two attached hydrogens (primary N) is 1. The minimum Gasteiger partial charge on any atom is -0.397 e. The number of nitrogen functional groups attached to an aromatic ring is 1. The molecule has 1 amide bonds. The van der Waals surface area contributed by atoms with Crippen molar-refractivity contribution >= 4 is 23.2 Å². The second kappa shape index (κ2) is 6.46. The van der Waals surface area contributed by atoms with Crippen LogP contribution in [-0.2, 0) is 0 Å². The smallest absolute Gasteiger partial charge is 0.253 e. The lowest BCUT2D eigenvalue weighted by molar-refractivity contribution is 0.0246. The molecule has 0 saturated heterocycles. The third-order valence-electron chi connectivity index (χ3n) is 3.91. The Morgan fingerprint density at radius 2 is 1.95 bits per heavy atom. The molecule has 0 radical (unpaired) electrons. The highest BCUT2D eigenvalue weighted by atomic mass is 35.5. The number of anilines is 1. The molecule has 1 aromatic carbocycles. The molecule has 20 heavy (non-hydrogen) atoms. The quantitative estimate of drug-likeness (QED) is 0.593. The minimum atomic E-state index is -0.792. The van der Waals surface area contributed by atoms with Gasteiger partial charge in [0.25, 0.3) is 5.91 Å². The van der Waals surface area contributed by atoms with Crippen LogP contribution in [0.1, 0.15) is 48.9 Å². The monoisotopic (exact) mass is 296 g/mol. The summed E-state index contributed by atoms with van der Waals surface area (Å²) in [5.41, 5.74) is 5.64. The number of amides is 1. The first-order valence-corrected chi connectivity index (χ1v) is 7.44. The van der Waals surface area contributed by atoms with Crippen LogP contribution >= 0.6 is 11.6 Å². The summed E-state index contributed by atoms with van der Waals surface area (Å²) in [5.74, 6) is -0.289. The number of benzene rings is 1. The van der Waals surface area contributed by atoms with E-state index in [0.29, 0.717) is 10.6 Å². The molecule has 1 aliphatic rings. The van der Waals surface area contributed by atoms with Gasteiger partial charge in [-0.1, -0.05) is 43.4 Å². The van der Waals surface area contributed by atoms with Crippen molar-refractivity contribution in [1.82, 2.24) is 5.32 Å². The molecular weight excluding hydrogens is 276 g/mol. The zero-order valence-electron chi connectivity index (χ0n) is 11.5. The van der Waals surface area contributed by atoms with Crippen molar-refractivity contribution in [1.29, 1.82) is 0 Å². The molecule has 110 valence electrons. The topological polar surface area (TPSA) is 75.4 Å². The van der Waals surface area contributed by atoms with E-state index >= 15 is 0 Å². The Hall–Kier alpha value is -1.26. The first kappa shape index (κ1) is 15.1. The fourth-order valence-electron chi connectivity index (χ4n) is 2.64. The average Bonchev–Trinajstić information content (AvgIpc) is 2.65. The molecule has 0 atom stereocenters. The number of aliphatic hydroxyl groups is 1. The molecule has 0 spiro atoms. The fraction of sp³-hybridized carbons (Fsp3) is 0.533. The van der Waals surface area contributed by atoms with Gasteiger partial charge in [0.1, 0.15) is 0 Å². The van der Waals surface area contributed by atoms with Crippen LogP contribution in [0, 0.1) is 0 Å². The minimum absolute atomic E-state index is 0.262. The van der Waals surface area contributed by atoms with Gasteiger partial charge >= 0.3 is 0 Å². The summed E-state index contributed by atoms with van der Waals surface area (Å²) in [4.78, 5) is 12.1. The van der Waals surface area contributed by atoms with Crippen LogP contribution in [0.5, 0.6) is 0 Å². The SMILES string of the molecule is Nc1c(Cl)cccc1C(=O)NCC1(O)CCCCCC1. The first-order valence-electron chi connectivity index (χ1n) is 7.06. The van der Waals surface area contributed by atoms with Crippen LogP contribution in [0.4, 0.5) is 5.69 Å². The number of hydrogen-bond acceptors (Lipinski definition) is 3. The van der Waals surface area contributed by atoms with Crippen molar-refractivity contribution in [3.63, 3.8) is 0 Å². The lowest BCUT2D eigenvalue weighted by Crippen LogP contribution is -2.42. The van der Waals surface area contributed by atoms with E-state index in [1.165, 1.54) is 0 Å². The summed E-state index contributed by atoms with van der Waals surface area (Å²) in [6.07, 6.45) is 5.78. The highest BCUT2D eigenvalue weighted by Crippen LogP contribution is 2.27. The van der Waals surface area contributed by atoms with E-state index < -0.39 is 5.60 Å².